The average Bonchev–Trinajstić information content (AvgIpc) is 2.82. The molecule has 0 N–H and O–H groups in total. The minimum absolute atomic E-state index is 0.252. The first-order valence-corrected chi connectivity index (χ1v) is 3.95. The lowest BCUT2D eigenvalue weighted by molar-refractivity contribution is -0.149. The van der Waals surface area contributed by atoms with Crippen LogP contribution in [-0.2, 0) is 19.1 Å². The van der Waals surface area contributed by atoms with Gasteiger partial charge in [0.2, 0.25) is 0 Å². The van der Waals surface area contributed by atoms with Gasteiger partial charge in [0, 0.05) is 0 Å². The van der Waals surface area contributed by atoms with Crippen molar-refractivity contribution in [2.24, 2.45) is 11.8 Å². The summed E-state index contributed by atoms with van der Waals surface area (Å²) in [7, 11) is 1.32. The van der Waals surface area contributed by atoms with E-state index in [2.05, 4.69) is 4.74 Å². The Bertz CT molecular complexity index is 199. The molecule has 1 rings (SSSR count). The lowest BCUT2D eigenvalue weighted by Gasteiger charge is -1.99. The predicted octanol–water partition coefficient (Wildman–Crippen LogP) is 0.359. The number of methoxy groups -OCH3 is 1. The Morgan fingerprint density at radius 1 is 1.33 bits per heavy atom. The quantitative estimate of drug-likeness (QED) is 0.577. The summed E-state index contributed by atoms with van der Waals surface area (Å²) >= 11 is 0. The zero-order valence-electron chi connectivity index (χ0n) is 7.20. The van der Waals surface area contributed by atoms with Gasteiger partial charge in [0.1, 0.15) is 0 Å². The first-order chi connectivity index (χ1) is 5.70. The number of rotatable bonds is 3. The van der Waals surface area contributed by atoms with Gasteiger partial charge in [-0.1, -0.05) is 0 Å². The topological polar surface area (TPSA) is 52.6 Å². The van der Waals surface area contributed by atoms with Crippen LogP contribution in [0, 0.1) is 11.8 Å². The van der Waals surface area contributed by atoms with E-state index >= 15 is 0 Å². The number of carbonyl (C=O) groups is 2. The molecule has 0 unspecified atom stereocenters. The van der Waals surface area contributed by atoms with Crippen molar-refractivity contribution in [1.82, 2.24) is 0 Å². The van der Waals surface area contributed by atoms with E-state index in [-0.39, 0.29) is 23.8 Å². The smallest absolute Gasteiger partial charge is 0.309 e. The molecule has 0 aromatic carbocycles. The third-order valence-corrected chi connectivity index (χ3v) is 1.88. The van der Waals surface area contributed by atoms with Gasteiger partial charge in [-0.15, -0.1) is 0 Å². The van der Waals surface area contributed by atoms with Crippen LogP contribution in [0.25, 0.3) is 0 Å². The molecule has 2 atom stereocenters. The number of esters is 2. The lowest BCUT2D eigenvalue weighted by atomic mass is 10.3. The molecule has 0 bridgehead atoms. The maximum Gasteiger partial charge on any atom is 0.309 e. The molecule has 1 aliphatic rings. The van der Waals surface area contributed by atoms with Crippen LogP contribution in [0.15, 0.2) is 0 Å². The first-order valence-electron chi connectivity index (χ1n) is 3.95. The molecule has 0 aromatic rings. The van der Waals surface area contributed by atoms with Crippen LogP contribution in [0.4, 0.5) is 0 Å². The molecule has 12 heavy (non-hydrogen) atoms. The Morgan fingerprint density at radius 2 is 1.92 bits per heavy atom. The summed E-state index contributed by atoms with van der Waals surface area (Å²) in [6, 6.07) is 0. The SMILES string of the molecule is CCOC(=O)[C@@H]1C[C@@H]1C(=O)OC. The van der Waals surface area contributed by atoms with Crippen LogP contribution in [0.1, 0.15) is 13.3 Å². The van der Waals surface area contributed by atoms with Gasteiger partial charge in [-0.05, 0) is 13.3 Å². The predicted molar refractivity (Wildman–Crippen MR) is 40.2 cm³/mol. The molecule has 0 heterocycles. The highest BCUT2D eigenvalue weighted by molar-refractivity contribution is 5.87. The summed E-state index contributed by atoms with van der Waals surface area (Å²) in [5.41, 5.74) is 0. The van der Waals surface area contributed by atoms with Crippen LogP contribution < -0.4 is 0 Å². The Labute approximate surface area is 70.8 Å². The summed E-state index contributed by atoms with van der Waals surface area (Å²) in [6.07, 6.45) is 0.575. The van der Waals surface area contributed by atoms with Crippen LogP contribution in [0.3, 0.4) is 0 Å². The summed E-state index contributed by atoms with van der Waals surface area (Å²) in [5.74, 6) is -1.10. The van der Waals surface area contributed by atoms with E-state index < -0.39 is 0 Å². The van der Waals surface area contributed by atoms with E-state index in [0.29, 0.717) is 13.0 Å². The normalized spacial score (nSPS) is 26.2. The number of ether oxygens (including phenoxy) is 2. The monoisotopic (exact) mass is 172 g/mol. The molecule has 0 saturated heterocycles. The van der Waals surface area contributed by atoms with Crippen molar-refractivity contribution in [3.05, 3.63) is 0 Å². The summed E-state index contributed by atoms with van der Waals surface area (Å²) in [6.45, 7) is 2.11. The van der Waals surface area contributed by atoms with Crippen molar-refractivity contribution in [2.45, 2.75) is 13.3 Å². The maximum absolute atomic E-state index is 11.0. The second-order valence-electron chi connectivity index (χ2n) is 2.72. The van der Waals surface area contributed by atoms with Crippen LogP contribution in [-0.4, -0.2) is 25.7 Å². The largest absolute Gasteiger partial charge is 0.469 e. The molecular weight excluding hydrogens is 160 g/mol. The minimum atomic E-state index is -0.312. The van der Waals surface area contributed by atoms with Gasteiger partial charge in [0.25, 0.3) is 0 Å². The highest BCUT2D eigenvalue weighted by atomic mass is 16.5. The molecule has 0 radical (unpaired) electrons. The Kier molecular flexibility index (Phi) is 2.68. The fourth-order valence-electron chi connectivity index (χ4n) is 1.12. The fraction of sp³-hybridized carbons (Fsp3) is 0.750. The maximum atomic E-state index is 11.0. The number of hydrogen-bond acceptors (Lipinski definition) is 4. The highest BCUT2D eigenvalue weighted by Crippen LogP contribution is 2.40. The van der Waals surface area contributed by atoms with Crippen LogP contribution in [0.2, 0.25) is 0 Å². The standard InChI is InChI=1S/C8H12O4/c1-3-12-8(10)6-4-5(6)7(9)11-2/h5-6H,3-4H2,1-2H3/t5-,6+/m0/s1. The van der Waals surface area contributed by atoms with Gasteiger partial charge in [0.15, 0.2) is 0 Å². The Morgan fingerprint density at radius 3 is 2.42 bits per heavy atom. The van der Waals surface area contributed by atoms with Crippen LogP contribution in [0.5, 0.6) is 0 Å². The molecular formula is C8H12O4. The molecule has 1 fully saturated rings. The molecule has 0 aromatic heterocycles. The third kappa shape index (κ3) is 1.75. The van der Waals surface area contributed by atoms with Crippen LogP contribution >= 0.6 is 0 Å². The van der Waals surface area contributed by atoms with Crippen molar-refractivity contribution < 1.29 is 19.1 Å². The number of carbonyl (C=O) groups excluding carboxylic acids is 2. The summed E-state index contributed by atoms with van der Waals surface area (Å²) < 4.78 is 9.23. The summed E-state index contributed by atoms with van der Waals surface area (Å²) in [4.78, 5) is 21.9. The highest BCUT2D eigenvalue weighted by Gasteiger charge is 2.49. The summed E-state index contributed by atoms with van der Waals surface area (Å²) in [5, 5.41) is 0. The second-order valence-corrected chi connectivity index (χ2v) is 2.72. The fourth-order valence-corrected chi connectivity index (χ4v) is 1.12. The number of hydrogen-bond donors (Lipinski definition) is 0. The molecule has 4 heteroatoms. The Balaban J connectivity index is 2.32. The zero-order chi connectivity index (χ0) is 9.14. The van der Waals surface area contributed by atoms with Crippen molar-refractivity contribution >= 4 is 11.9 Å². The molecule has 4 nitrogen and oxygen atoms in total. The van der Waals surface area contributed by atoms with E-state index in [9.17, 15) is 9.59 Å². The molecule has 0 spiro atoms. The third-order valence-electron chi connectivity index (χ3n) is 1.88. The van der Waals surface area contributed by atoms with Gasteiger partial charge < -0.3 is 9.47 Å². The van der Waals surface area contributed by atoms with Gasteiger partial charge in [-0.3, -0.25) is 9.59 Å². The minimum Gasteiger partial charge on any atom is -0.469 e. The van der Waals surface area contributed by atoms with E-state index in [1.165, 1.54) is 7.11 Å². The molecule has 0 amide bonds. The second kappa shape index (κ2) is 3.56. The van der Waals surface area contributed by atoms with Crippen molar-refractivity contribution in [2.75, 3.05) is 13.7 Å². The molecule has 1 saturated carbocycles. The van der Waals surface area contributed by atoms with E-state index in [1.807, 2.05) is 0 Å². The van der Waals surface area contributed by atoms with Crippen molar-refractivity contribution in [3.63, 3.8) is 0 Å². The molecule has 0 aliphatic heterocycles. The first kappa shape index (κ1) is 9.03. The lowest BCUT2D eigenvalue weighted by Crippen LogP contribution is -2.12. The molecule has 1 aliphatic carbocycles. The van der Waals surface area contributed by atoms with Crippen molar-refractivity contribution in [1.29, 1.82) is 0 Å². The van der Waals surface area contributed by atoms with Gasteiger partial charge >= 0.3 is 11.9 Å². The van der Waals surface area contributed by atoms with E-state index in [1.54, 1.807) is 6.92 Å². The van der Waals surface area contributed by atoms with E-state index in [4.69, 9.17) is 4.74 Å². The molecule has 68 valence electrons. The van der Waals surface area contributed by atoms with Crippen molar-refractivity contribution in [3.8, 4) is 0 Å². The van der Waals surface area contributed by atoms with Gasteiger partial charge in [-0.25, -0.2) is 0 Å². The zero-order valence-corrected chi connectivity index (χ0v) is 7.20. The Hall–Kier alpha value is -1.06. The van der Waals surface area contributed by atoms with E-state index in [0.717, 1.165) is 0 Å². The average molecular weight is 172 g/mol. The van der Waals surface area contributed by atoms with Gasteiger partial charge in [-0.2, -0.15) is 0 Å². The van der Waals surface area contributed by atoms with Gasteiger partial charge in [0.05, 0.1) is 25.6 Å².